The molecule has 0 bridgehead atoms. The highest BCUT2D eigenvalue weighted by Gasteiger charge is 2.12. The third-order valence-corrected chi connectivity index (χ3v) is 3.85. The lowest BCUT2D eigenvalue weighted by Crippen LogP contribution is -2.21. The van der Waals surface area contributed by atoms with E-state index in [0.29, 0.717) is 28.3 Å². The minimum Gasteiger partial charge on any atom is -0.497 e. The Bertz CT molecular complexity index is 919. The van der Waals surface area contributed by atoms with Crippen LogP contribution in [0.2, 0.25) is 0 Å². The highest BCUT2D eigenvalue weighted by Crippen LogP contribution is 2.24. The topological polar surface area (TPSA) is 91.7 Å². The first-order valence-corrected chi connectivity index (χ1v) is 8.36. The van der Waals surface area contributed by atoms with Crippen LogP contribution in [0, 0.1) is 11.3 Å². The van der Waals surface area contributed by atoms with Crippen molar-refractivity contribution < 1.29 is 19.1 Å². The summed E-state index contributed by atoms with van der Waals surface area (Å²) in [6, 6.07) is 13.4. The smallest absolute Gasteiger partial charge is 0.266 e. The number of ether oxygens (including phenoxy) is 2. The van der Waals surface area contributed by atoms with Gasteiger partial charge in [0.15, 0.2) is 0 Å². The average Bonchev–Trinajstić information content (AvgIpc) is 2.71. The fraction of sp³-hybridized carbons (Fsp3) is 0.190. The van der Waals surface area contributed by atoms with Gasteiger partial charge in [-0.05, 0) is 48.0 Å². The van der Waals surface area contributed by atoms with Gasteiger partial charge in [-0.15, -0.1) is 0 Å². The van der Waals surface area contributed by atoms with Crippen LogP contribution in [-0.4, -0.2) is 45.0 Å². The Morgan fingerprint density at radius 3 is 2.07 bits per heavy atom. The number of amides is 2. The summed E-state index contributed by atoms with van der Waals surface area (Å²) in [5, 5.41) is 12.0. The standard InChI is InChI=1S/C21H21N3O4/c1-24(2)21(26)15-5-7-17(8-6-15)23-20(25)16(13-22)9-14-10-18(27-3)12-19(11-14)28-4/h5-12H,1-4H3,(H,23,25). The van der Waals surface area contributed by atoms with Crippen LogP contribution in [-0.2, 0) is 4.79 Å². The third kappa shape index (κ3) is 5.11. The van der Waals surface area contributed by atoms with Gasteiger partial charge in [-0.1, -0.05) is 0 Å². The number of anilines is 1. The molecule has 1 N–H and O–H groups in total. The largest absolute Gasteiger partial charge is 0.497 e. The van der Waals surface area contributed by atoms with Crippen molar-refractivity contribution in [1.29, 1.82) is 5.26 Å². The summed E-state index contributed by atoms with van der Waals surface area (Å²) in [7, 11) is 6.36. The highest BCUT2D eigenvalue weighted by atomic mass is 16.5. The molecule has 2 rings (SSSR count). The predicted molar refractivity (Wildman–Crippen MR) is 106 cm³/mol. The van der Waals surface area contributed by atoms with Gasteiger partial charge in [-0.25, -0.2) is 0 Å². The molecule has 0 heterocycles. The number of carbonyl (C=O) groups excluding carboxylic acids is 2. The zero-order chi connectivity index (χ0) is 20.7. The minimum atomic E-state index is -0.559. The van der Waals surface area contributed by atoms with Crippen molar-refractivity contribution in [3.05, 3.63) is 59.2 Å². The molecule has 0 atom stereocenters. The number of hydrogen-bond acceptors (Lipinski definition) is 5. The Balaban J connectivity index is 2.21. The molecule has 7 heteroatoms. The third-order valence-electron chi connectivity index (χ3n) is 3.85. The second-order valence-electron chi connectivity index (χ2n) is 6.05. The molecule has 0 aliphatic carbocycles. The summed E-state index contributed by atoms with van der Waals surface area (Å²) >= 11 is 0. The molecule has 28 heavy (non-hydrogen) atoms. The second-order valence-corrected chi connectivity index (χ2v) is 6.05. The van der Waals surface area contributed by atoms with Crippen LogP contribution in [0.15, 0.2) is 48.0 Å². The maximum Gasteiger partial charge on any atom is 0.266 e. The SMILES string of the molecule is COc1cc(C=C(C#N)C(=O)Nc2ccc(C(=O)N(C)C)cc2)cc(OC)c1. The van der Waals surface area contributed by atoms with E-state index in [-0.39, 0.29) is 11.5 Å². The number of benzene rings is 2. The molecule has 0 spiro atoms. The zero-order valence-corrected chi connectivity index (χ0v) is 16.1. The summed E-state index contributed by atoms with van der Waals surface area (Å²) in [6.45, 7) is 0. The molecule has 0 fully saturated rings. The Morgan fingerprint density at radius 2 is 1.61 bits per heavy atom. The molecular weight excluding hydrogens is 358 g/mol. The second kappa shape index (κ2) is 9.24. The number of hydrogen-bond donors (Lipinski definition) is 1. The van der Waals surface area contributed by atoms with Gasteiger partial charge in [0.25, 0.3) is 11.8 Å². The molecule has 0 radical (unpaired) electrons. The summed E-state index contributed by atoms with van der Waals surface area (Å²) in [4.78, 5) is 25.8. The van der Waals surface area contributed by atoms with Crippen LogP contribution in [0.5, 0.6) is 11.5 Å². The number of carbonyl (C=O) groups is 2. The van der Waals surface area contributed by atoms with Gasteiger partial charge in [0.05, 0.1) is 14.2 Å². The van der Waals surface area contributed by atoms with E-state index in [0.717, 1.165) is 0 Å². The molecular formula is C21H21N3O4. The molecule has 0 aliphatic heterocycles. The molecule has 0 saturated carbocycles. The maximum absolute atomic E-state index is 12.4. The monoisotopic (exact) mass is 379 g/mol. The lowest BCUT2D eigenvalue weighted by molar-refractivity contribution is -0.112. The van der Waals surface area contributed by atoms with Gasteiger partial charge >= 0.3 is 0 Å². The Kier molecular flexibility index (Phi) is 6.77. The summed E-state index contributed by atoms with van der Waals surface area (Å²) in [6.07, 6.45) is 1.45. The quantitative estimate of drug-likeness (QED) is 0.615. The molecule has 2 aromatic carbocycles. The summed E-state index contributed by atoms with van der Waals surface area (Å²) in [5.74, 6) is 0.396. The Morgan fingerprint density at radius 1 is 1.04 bits per heavy atom. The summed E-state index contributed by atoms with van der Waals surface area (Å²) in [5.41, 5.74) is 1.49. The van der Waals surface area contributed by atoms with Crippen molar-refractivity contribution >= 4 is 23.6 Å². The van der Waals surface area contributed by atoms with Crippen LogP contribution in [0.25, 0.3) is 6.08 Å². The van der Waals surface area contributed by atoms with Crippen molar-refractivity contribution in [2.75, 3.05) is 33.6 Å². The number of nitrogens with one attached hydrogen (secondary N) is 1. The van der Waals surface area contributed by atoms with Crippen LogP contribution in [0.4, 0.5) is 5.69 Å². The molecule has 0 unspecified atom stereocenters. The van der Waals surface area contributed by atoms with E-state index in [4.69, 9.17) is 9.47 Å². The number of nitriles is 1. The highest BCUT2D eigenvalue weighted by molar-refractivity contribution is 6.09. The van der Waals surface area contributed by atoms with Gasteiger partial charge in [-0.2, -0.15) is 5.26 Å². The first-order chi connectivity index (χ1) is 13.4. The Hall–Kier alpha value is -3.79. The molecule has 7 nitrogen and oxygen atoms in total. The van der Waals surface area contributed by atoms with E-state index in [9.17, 15) is 14.9 Å². The van der Waals surface area contributed by atoms with Crippen LogP contribution in [0.3, 0.4) is 0 Å². The van der Waals surface area contributed by atoms with Crippen molar-refractivity contribution in [2.45, 2.75) is 0 Å². The molecule has 0 saturated heterocycles. The average molecular weight is 379 g/mol. The van der Waals surface area contributed by atoms with Crippen LogP contribution < -0.4 is 14.8 Å². The van der Waals surface area contributed by atoms with E-state index in [1.807, 2.05) is 6.07 Å². The number of nitrogens with zero attached hydrogens (tertiary/aromatic N) is 2. The first kappa shape index (κ1) is 20.5. The van der Waals surface area contributed by atoms with E-state index in [1.54, 1.807) is 56.6 Å². The predicted octanol–water partition coefficient (Wildman–Crippen LogP) is 2.95. The molecule has 2 amide bonds. The van der Waals surface area contributed by atoms with Crippen molar-refractivity contribution in [3.8, 4) is 17.6 Å². The van der Waals surface area contributed by atoms with Crippen LogP contribution in [0.1, 0.15) is 15.9 Å². The minimum absolute atomic E-state index is 0.0799. The maximum atomic E-state index is 12.4. The van der Waals surface area contributed by atoms with Gasteiger partial charge in [0.2, 0.25) is 0 Å². The van der Waals surface area contributed by atoms with Crippen LogP contribution >= 0.6 is 0 Å². The van der Waals surface area contributed by atoms with E-state index in [1.165, 1.54) is 25.2 Å². The molecule has 0 aromatic heterocycles. The van der Waals surface area contributed by atoms with Gasteiger partial charge in [0, 0.05) is 31.4 Å². The van der Waals surface area contributed by atoms with Crippen molar-refractivity contribution in [3.63, 3.8) is 0 Å². The lowest BCUT2D eigenvalue weighted by atomic mass is 10.1. The zero-order valence-electron chi connectivity index (χ0n) is 16.1. The van der Waals surface area contributed by atoms with E-state index in [2.05, 4.69) is 5.32 Å². The van der Waals surface area contributed by atoms with E-state index >= 15 is 0 Å². The summed E-state index contributed by atoms with van der Waals surface area (Å²) < 4.78 is 10.4. The van der Waals surface area contributed by atoms with Gasteiger partial charge in [-0.3, -0.25) is 9.59 Å². The van der Waals surface area contributed by atoms with Gasteiger partial charge in [0.1, 0.15) is 23.1 Å². The fourth-order valence-electron chi connectivity index (χ4n) is 2.38. The molecule has 144 valence electrons. The van der Waals surface area contributed by atoms with Crippen molar-refractivity contribution in [1.82, 2.24) is 4.90 Å². The number of methoxy groups -OCH3 is 2. The van der Waals surface area contributed by atoms with E-state index < -0.39 is 5.91 Å². The fourth-order valence-corrected chi connectivity index (χ4v) is 2.38. The molecule has 0 aliphatic rings. The molecule has 2 aromatic rings. The number of rotatable bonds is 6. The lowest BCUT2D eigenvalue weighted by Gasteiger charge is -2.11. The van der Waals surface area contributed by atoms with Gasteiger partial charge < -0.3 is 19.7 Å². The normalized spacial score (nSPS) is 10.6. The Labute approximate surface area is 163 Å². The first-order valence-electron chi connectivity index (χ1n) is 8.36. The van der Waals surface area contributed by atoms with Crippen molar-refractivity contribution in [2.24, 2.45) is 0 Å².